The Bertz CT molecular complexity index is 1140. The molecule has 2 aromatic rings. The third-order valence-corrected chi connectivity index (χ3v) is 6.41. The lowest BCUT2D eigenvalue weighted by atomic mass is 10.0. The number of fused-ring (bicyclic) bond motifs is 1. The number of thioether (sulfide) groups is 1. The predicted molar refractivity (Wildman–Crippen MR) is 140 cm³/mol. The van der Waals surface area contributed by atoms with Gasteiger partial charge in [-0.1, -0.05) is 18.2 Å². The monoisotopic (exact) mass is 551 g/mol. The van der Waals surface area contributed by atoms with E-state index in [-0.39, 0.29) is 19.3 Å². The first-order valence-corrected chi connectivity index (χ1v) is 13.2. The molecule has 38 heavy (non-hydrogen) atoms. The normalized spacial score (nSPS) is 14.2. The number of nitrogens with two attached hydrogens (primary N) is 1. The number of aromatic nitrogens is 1. The third kappa shape index (κ3) is 9.04. The average Bonchev–Trinajstić information content (AvgIpc) is 3.30. The number of hydrogen-bond acceptors (Lipinski definition) is 8. The summed E-state index contributed by atoms with van der Waals surface area (Å²) < 4.78 is 0. The van der Waals surface area contributed by atoms with Crippen LogP contribution in [-0.2, 0) is 30.4 Å². The number of carboxylic acid groups (broad SMARTS) is 2. The van der Waals surface area contributed by atoms with Crippen LogP contribution in [0.25, 0.3) is 10.9 Å². The molecule has 3 amide bonds. The molecule has 0 aliphatic heterocycles. The summed E-state index contributed by atoms with van der Waals surface area (Å²) in [7, 11) is 0. The summed E-state index contributed by atoms with van der Waals surface area (Å²) in [5, 5.41) is 35.9. The zero-order valence-electron chi connectivity index (χ0n) is 20.8. The number of hydrogen-bond donors (Lipinski definition) is 8. The minimum atomic E-state index is -1.35. The Morgan fingerprint density at radius 3 is 2.16 bits per heavy atom. The van der Waals surface area contributed by atoms with Crippen LogP contribution in [0.5, 0.6) is 0 Å². The zero-order chi connectivity index (χ0) is 28.2. The van der Waals surface area contributed by atoms with Gasteiger partial charge in [0.15, 0.2) is 0 Å². The highest BCUT2D eigenvalue weighted by atomic mass is 32.2. The fourth-order valence-corrected chi connectivity index (χ4v) is 4.14. The molecule has 14 heteroatoms. The van der Waals surface area contributed by atoms with Crippen LogP contribution in [0.3, 0.4) is 0 Å². The Balaban J connectivity index is 2.17. The van der Waals surface area contributed by atoms with Crippen LogP contribution in [0.1, 0.15) is 24.8 Å². The maximum absolute atomic E-state index is 13.1. The summed E-state index contributed by atoms with van der Waals surface area (Å²) in [5.41, 5.74) is 6.98. The van der Waals surface area contributed by atoms with Gasteiger partial charge < -0.3 is 42.0 Å². The number of aromatic amines is 1. The van der Waals surface area contributed by atoms with E-state index in [4.69, 9.17) is 15.9 Å². The Morgan fingerprint density at radius 2 is 1.55 bits per heavy atom. The Hall–Kier alpha value is -3.62. The van der Waals surface area contributed by atoms with Crippen molar-refractivity contribution in [2.75, 3.05) is 18.6 Å². The lowest BCUT2D eigenvalue weighted by Crippen LogP contribution is -2.57. The number of aliphatic hydroxyl groups is 1. The number of carboxylic acids is 2. The van der Waals surface area contributed by atoms with E-state index >= 15 is 0 Å². The van der Waals surface area contributed by atoms with Crippen molar-refractivity contribution < 1.29 is 39.3 Å². The molecular formula is C24H33N5O8S. The van der Waals surface area contributed by atoms with Crippen molar-refractivity contribution >= 4 is 52.3 Å². The van der Waals surface area contributed by atoms with Crippen LogP contribution < -0.4 is 21.7 Å². The van der Waals surface area contributed by atoms with E-state index in [1.54, 1.807) is 12.5 Å². The van der Waals surface area contributed by atoms with Crippen LogP contribution in [0.2, 0.25) is 0 Å². The number of aliphatic carboxylic acids is 2. The van der Waals surface area contributed by atoms with Gasteiger partial charge in [-0.2, -0.15) is 11.8 Å². The molecule has 0 radical (unpaired) electrons. The molecule has 1 heterocycles. The first-order valence-electron chi connectivity index (χ1n) is 11.8. The van der Waals surface area contributed by atoms with Crippen LogP contribution in [0.4, 0.5) is 0 Å². The molecule has 13 nitrogen and oxygen atoms in total. The summed E-state index contributed by atoms with van der Waals surface area (Å²) in [6.07, 6.45) is 2.85. The molecule has 0 saturated heterocycles. The topological polar surface area (TPSA) is 224 Å². The van der Waals surface area contributed by atoms with E-state index in [0.29, 0.717) is 11.3 Å². The second-order valence-electron chi connectivity index (χ2n) is 8.59. The fourth-order valence-electron chi connectivity index (χ4n) is 3.67. The Kier molecular flexibility index (Phi) is 12.0. The molecular weight excluding hydrogens is 518 g/mol. The standard InChI is InChI=1S/C24H33N5O8S/c1-38-9-8-18(28-22(34)17(6-7-20(31)32)27-21(33)15(25)12-30)23(35)29-19(24(36)37)10-13-11-26-16-5-3-2-4-14(13)16/h2-5,11,15,17-19,26,30H,6-10,12,25H2,1H3,(H,27,33)(H,28,34)(H,29,35)(H,31,32)(H,36,37). The summed E-state index contributed by atoms with van der Waals surface area (Å²) in [6.45, 7) is -0.690. The van der Waals surface area contributed by atoms with Crippen molar-refractivity contribution in [1.29, 1.82) is 0 Å². The largest absolute Gasteiger partial charge is 0.481 e. The fraction of sp³-hybridized carbons (Fsp3) is 0.458. The van der Waals surface area contributed by atoms with E-state index in [0.717, 1.165) is 10.9 Å². The molecule has 1 aromatic heterocycles. The molecule has 0 fully saturated rings. The molecule has 0 saturated carbocycles. The highest BCUT2D eigenvalue weighted by molar-refractivity contribution is 7.98. The molecule has 0 aliphatic carbocycles. The molecule has 2 rings (SSSR count). The summed E-state index contributed by atoms with van der Waals surface area (Å²) in [6, 6.07) is 2.20. The Morgan fingerprint density at radius 1 is 0.947 bits per heavy atom. The van der Waals surface area contributed by atoms with Crippen molar-refractivity contribution in [1.82, 2.24) is 20.9 Å². The number of amides is 3. The van der Waals surface area contributed by atoms with E-state index in [1.807, 2.05) is 24.3 Å². The van der Waals surface area contributed by atoms with Gasteiger partial charge in [0.2, 0.25) is 17.7 Å². The molecule has 0 spiro atoms. The van der Waals surface area contributed by atoms with E-state index in [1.165, 1.54) is 11.8 Å². The van der Waals surface area contributed by atoms with Gasteiger partial charge in [0.05, 0.1) is 6.61 Å². The third-order valence-electron chi connectivity index (χ3n) is 5.77. The molecule has 0 aliphatic rings. The summed E-state index contributed by atoms with van der Waals surface area (Å²) in [4.78, 5) is 64.3. The highest BCUT2D eigenvalue weighted by Gasteiger charge is 2.30. The molecule has 208 valence electrons. The second-order valence-corrected chi connectivity index (χ2v) is 9.57. The van der Waals surface area contributed by atoms with E-state index < -0.39 is 66.9 Å². The van der Waals surface area contributed by atoms with Crippen LogP contribution in [0.15, 0.2) is 30.5 Å². The molecule has 4 atom stereocenters. The number of rotatable bonds is 16. The van der Waals surface area contributed by atoms with Gasteiger partial charge in [0, 0.05) is 29.9 Å². The summed E-state index contributed by atoms with van der Waals surface area (Å²) >= 11 is 1.40. The molecule has 0 bridgehead atoms. The number of H-pyrrole nitrogens is 1. The molecule has 4 unspecified atom stereocenters. The van der Waals surface area contributed by atoms with Crippen molar-refractivity contribution in [2.24, 2.45) is 5.73 Å². The summed E-state index contributed by atoms with van der Waals surface area (Å²) in [5.74, 6) is -4.47. The van der Waals surface area contributed by atoms with Gasteiger partial charge >= 0.3 is 11.9 Å². The average molecular weight is 552 g/mol. The molecule has 9 N–H and O–H groups in total. The van der Waals surface area contributed by atoms with Crippen LogP contribution >= 0.6 is 11.8 Å². The first kappa shape index (κ1) is 30.6. The second kappa shape index (κ2) is 15.0. The number of carbonyl (C=O) groups is 5. The lowest BCUT2D eigenvalue weighted by Gasteiger charge is -2.25. The Labute approximate surface area is 222 Å². The van der Waals surface area contributed by atoms with Gasteiger partial charge in [0.25, 0.3) is 0 Å². The first-order chi connectivity index (χ1) is 18.1. The maximum atomic E-state index is 13.1. The predicted octanol–water partition coefficient (Wildman–Crippen LogP) is -0.813. The molecule has 1 aromatic carbocycles. The van der Waals surface area contributed by atoms with Gasteiger partial charge in [-0.3, -0.25) is 19.2 Å². The van der Waals surface area contributed by atoms with Crippen LogP contribution in [0, 0.1) is 0 Å². The zero-order valence-corrected chi connectivity index (χ0v) is 21.6. The number of nitrogens with one attached hydrogen (secondary N) is 4. The maximum Gasteiger partial charge on any atom is 0.326 e. The quantitative estimate of drug-likeness (QED) is 0.129. The van der Waals surface area contributed by atoms with E-state index in [2.05, 4.69) is 20.9 Å². The van der Waals surface area contributed by atoms with Gasteiger partial charge in [-0.15, -0.1) is 0 Å². The minimum Gasteiger partial charge on any atom is -0.481 e. The van der Waals surface area contributed by atoms with Gasteiger partial charge in [0.1, 0.15) is 24.2 Å². The highest BCUT2D eigenvalue weighted by Crippen LogP contribution is 2.19. The van der Waals surface area contributed by atoms with Gasteiger partial charge in [-0.05, 0) is 36.5 Å². The smallest absolute Gasteiger partial charge is 0.326 e. The number of carbonyl (C=O) groups excluding carboxylic acids is 3. The van der Waals surface area contributed by atoms with Crippen molar-refractivity contribution in [2.45, 2.75) is 49.9 Å². The number of aliphatic hydroxyl groups excluding tert-OH is 1. The number of para-hydroxylation sites is 1. The van der Waals surface area contributed by atoms with Crippen molar-refractivity contribution in [3.05, 3.63) is 36.0 Å². The van der Waals surface area contributed by atoms with E-state index in [9.17, 15) is 29.1 Å². The van der Waals surface area contributed by atoms with Crippen molar-refractivity contribution in [3.63, 3.8) is 0 Å². The van der Waals surface area contributed by atoms with Gasteiger partial charge in [-0.25, -0.2) is 4.79 Å². The van der Waals surface area contributed by atoms with Crippen molar-refractivity contribution in [3.8, 4) is 0 Å². The SMILES string of the molecule is CSCCC(NC(=O)C(CCC(=O)O)NC(=O)C(N)CO)C(=O)NC(Cc1c[nH]c2ccccc12)C(=O)O. The number of benzene rings is 1. The van der Waals surface area contributed by atoms with Crippen LogP contribution in [-0.4, -0.2) is 92.7 Å². The minimum absolute atomic E-state index is 0.00930. The lowest BCUT2D eigenvalue weighted by molar-refractivity contribution is -0.142.